The molecule has 1 heterocycles. The zero-order chi connectivity index (χ0) is 20.2. The Morgan fingerprint density at radius 2 is 1.72 bits per heavy atom. The molecular weight excluding hydrogens is 386 g/mol. The lowest BCUT2D eigenvalue weighted by Gasteiger charge is -2.09. The number of carbonyl (C=O) groups is 1. The van der Waals surface area contributed by atoms with Crippen LogP contribution in [0.25, 0.3) is 6.08 Å². The van der Waals surface area contributed by atoms with E-state index in [1.807, 2.05) is 55.5 Å². The molecular formula is C24H18ClNO3. The highest BCUT2D eigenvalue weighted by Crippen LogP contribution is 2.25. The van der Waals surface area contributed by atoms with Gasteiger partial charge >= 0.3 is 5.97 Å². The van der Waals surface area contributed by atoms with Gasteiger partial charge in [-0.2, -0.15) is 0 Å². The van der Waals surface area contributed by atoms with E-state index in [4.69, 9.17) is 21.1 Å². The van der Waals surface area contributed by atoms with Gasteiger partial charge in [0.15, 0.2) is 5.70 Å². The number of hydrogen-bond donors (Lipinski definition) is 0. The van der Waals surface area contributed by atoms with E-state index in [1.165, 1.54) is 5.56 Å². The molecule has 3 aromatic rings. The summed E-state index contributed by atoms with van der Waals surface area (Å²) in [6.07, 6.45) is 1.68. The molecule has 0 radical (unpaired) electrons. The summed E-state index contributed by atoms with van der Waals surface area (Å²) in [5.41, 5.74) is 3.94. The van der Waals surface area contributed by atoms with E-state index in [2.05, 4.69) is 4.99 Å². The Morgan fingerprint density at radius 3 is 2.48 bits per heavy atom. The van der Waals surface area contributed by atoms with Gasteiger partial charge in [-0.05, 0) is 48.9 Å². The Morgan fingerprint density at radius 1 is 1.00 bits per heavy atom. The van der Waals surface area contributed by atoms with Gasteiger partial charge in [0.05, 0.1) is 0 Å². The summed E-state index contributed by atoms with van der Waals surface area (Å²) in [7, 11) is 0. The van der Waals surface area contributed by atoms with E-state index in [1.54, 1.807) is 30.3 Å². The largest absolute Gasteiger partial charge is 0.488 e. The fourth-order valence-corrected chi connectivity index (χ4v) is 2.97. The highest BCUT2D eigenvalue weighted by molar-refractivity contribution is 6.30. The van der Waals surface area contributed by atoms with Crippen molar-refractivity contribution in [2.75, 3.05) is 0 Å². The fourth-order valence-electron chi connectivity index (χ4n) is 2.85. The van der Waals surface area contributed by atoms with Crippen LogP contribution in [0.4, 0.5) is 0 Å². The number of cyclic esters (lactones) is 1. The Labute approximate surface area is 174 Å². The molecule has 0 saturated heterocycles. The highest BCUT2D eigenvalue weighted by Gasteiger charge is 2.24. The van der Waals surface area contributed by atoms with Crippen molar-refractivity contribution in [3.05, 3.63) is 106 Å². The van der Waals surface area contributed by atoms with Crippen LogP contribution >= 0.6 is 11.6 Å². The van der Waals surface area contributed by atoms with Crippen LogP contribution in [-0.2, 0) is 16.1 Å². The molecule has 0 N–H and O–H groups in total. The number of halogens is 1. The number of ether oxygens (including phenoxy) is 2. The van der Waals surface area contributed by atoms with Crippen LogP contribution in [0, 0.1) is 6.92 Å². The first kappa shape index (κ1) is 19.0. The topological polar surface area (TPSA) is 47.9 Å². The number of aryl methyl sites for hydroxylation is 1. The molecule has 0 aromatic heterocycles. The molecule has 4 rings (SSSR count). The second-order valence-electron chi connectivity index (χ2n) is 6.66. The molecule has 0 saturated carbocycles. The quantitative estimate of drug-likeness (QED) is 0.413. The Kier molecular flexibility index (Phi) is 5.45. The van der Waals surface area contributed by atoms with Crippen molar-refractivity contribution in [3.63, 3.8) is 0 Å². The molecule has 0 atom stereocenters. The maximum Gasteiger partial charge on any atom is 0.363 e. The van der Waals surface area contributed by atoms with E-state index < -0.39 is 5.97 Å². The first-order chi connectivity index (χ1) is 14.1. The van der Waals surface area contributed by atoms with Crippen LogP contribution in [0.15, 0.2) is 83.5 Å². The molecule has 4 nitrogen and oxygen atoms in total. The zero-order valence-corrected chi connectivity index (χ0v) is 16.5. The third kappa shape index (κ3) is 4.55. The molecule has 1 aliphatic heterocycles. The summed E-state index contributed by atoms with van der Waals surface area (Å²) in [6.45, 7) is 2.48. The van der Waals surface area contributed by atoms with Gasteiger partial charge in [-0.1, -0.05) is 59.6 Å². The molecule has 144 valence electrons. The maximum absolute atomic E-state index is 12.3. The smallest absolute Gasteiger partial charge is 0.363 e. The van der Waals surface area contributed by atoms with Crippen molar-refractivity contribution < 1.29 is 14.3 Å². The summed E-state index contributed by atoms with van der Waals surface area (Å²) >= 11 is 5.91. The normalized spacial score (nSPS) is 14.6. The summed E-state index contributed by atoms with van der Waals surface area (Å²) in [5, 5.41) is 0.606. The van der Waals surface area contributed by atoms with E-state index in [0.29, 0.717) is 22.9 Å². The predicted molar refractivity (Wildman–Crippen MR) is 114 cm³/mol. The first-order valence-electron chi connectivity index (χ1n) is 9.14. The lowest BCUT2D eigenvalue weighted by molar-refractivity contribution is -0.129. The average Bonchev–Trinajstić information content (AvgIpc) is 3.09. The molecule has 29 heavy (non-hydrogen) atoms. The summed E-state index contributed by atoms with van der Waals surface area (Å²) < 4.78 is 11.3. The Hall–Kier alpha value is -3.37. The predicted octanol–water partition coefficient (Wildman–Crippen LogP) is 5.57. The molecule has 0 unspecified atom stereocenters. The Bertz CT molecular complexity index is 1100. The number of aliphatic imine (C=N–C) groups is 1. The highest BCUT2D eigenvalue weighted by atomic mass is 35.5. The lowest BCUT2D eigenvalue weighted by Crippen LogP contribution is -2.05. The number of hydrogen-bond acceptors (Lipinski definition) is 4. The van der Waals surface area contributed by atoms with Gasteiger partial charge in [0.1, 0.15) is 12.4 Å². The minimum Gasteiger partial charge on any atom is -0.488 e. The SMILES string of the molecule is Cc1ccc(COc2ccccc2/C=C2\N=C(c3ccc(Cl)cc3)OC2=O)cc1. The average molecular weight is 404 g/mol. The number of carbonyl (C=O) groups excluding carboxylic acids is 1. The van der Waals surface area contributed by atoms with E-state index in [0.717, 1.165) is 11.1 Å². The van der Waals surface area contributed by atoms with Crippen molar-refractivity contribution >= 4 is 29.5 Å². The van der Waals surface area contributed by atoms with Crippen molar-refractivity contribution in [2.24, 2.45) is 4.99 Å². The van der Waals surface area contributed by atoms with E-state index >= 15 is 0 Å². The molecule has 0 fully saturated rings. The van der Waals surface area contributed by atoms with Crippen LogP contribution in [0.2, 0.25) is 5.02 Å². The monoisotopic (exact) mass is 403 g/mol. The fraction of sp³-hybridized carbons (Fsp3) is 0.0833. The molecule has 5 heteroatoms. The summed E-state index contributed by atoms with van der Waals surface area (Å²) in [4.78, 5) is 16.6. The number of nitrogens with zero attached hydrogens (tertiary/aromatic N) is 1. The maximum atomic E-state index is 12.3. The standard InChI is InChI=1S/C24H18ClNO3/c1-16-6-8-17(9-7-16)15-28-22-5-3-2-4-19(22)14-21-24(27)29-23(26-21)18-10-12-20(25)13-11-18/h2-14H,15H2,1H3/b21-14-. The van der Waals surface area contributed by atoms with Gasteiger partial charge in [0.25, 0.3) is 0 Å². The van der Waals surface area contributed by atoms with Gasteiger partial charge in [-0.3, -0.25) is 0 Å². The zero-order valence-electron chi connectivity index (χ0n) is 15.8. The van der Waals surface area contributed by atoms with Gasteiger partial charge in [-0.15, -0.1) is 0 Å². The van der Waals surface area contributed by atoms with E-state index in [-0.39, 0.29) is 11.6 Å². The van der Waals surface area contributed by atoms with Gasteiger partial charge < -0.3 is 9.47 Å². The molecule has 0 bridgehead atoms. The van der Waals surface area contributed by atoms with Gasteiger partial charge in [-0.25, -0.2) is 9.79 Å². The summed E-state index contributed by atoms with van der Waals surface area (Å²) in [5.74, 6) is 0.433. The summed E-state index contributed by atoms with van der Waals surface area (Å²) in [6, 6.07) is 22.7. The Balaban J connectivity index is 1.56. The molecule has 0 spiro atoms. The third-order valence-corrected chi connectivity index (χ3v) is 4.69. The minimum atomic E-state index is -0.497. The van der Waals surface area contributed by atoms with Crippen molar-refractivity contribution in [1.82, 2.24) is 0 Å². The van der Waals surface area contributed by atoms with Gasteiger partial charge in [0, 0.05) is 16.1 Å². The number of benzene rings is 3. The van der Waals surface area contributed by atoms with Crippen LogP contribution in [0.1, 0.15) is 22.3 Å². The molecule has 0 amide bonds. The minimum absolute atomic E-state index is 0.223. The number of esters is 1. The first-order valence-corrected chi connectivity index (χ1v) is 9.52. The van der Waals surface area contributed by atoms with Crippen LogP contribution in [-0.4, -0.2) is 11.9 Å². The van der Waals surface area contributed by atoms with Gasteiger partial charge in [0.2, 0.25) is 5.90 Å². The van der Waals surface area contributed by atoms with Crippen LogP contribution in [0.5, 0.6) is 5.75 Å². The molecule has 0 aliphatic carbocycles. The van der Waals surface area contributed by atoms with Crippen molar-refractivity contribution in [1.29, 1.82) is 0 Å². The van der Waals surface area contributed by atoms with Crippen molar-refractivity contribution in [2.45, 2.75) is 13.5 Å². The van der Waals surface area contributed by atoms with Crippen molar-refractivity contribution in [3.8, 4) is 5.75 Å². The number of para-hydroxylation sites is 1. The second-order valence-corrected chi connectivity index (χ2v) is 7.09. The van der Waals surface area contributed by atoms with E-state index in [9.17, 15) is 4.79 Å². The van der Waals surface area contributed by atoms with Crippen LogP contribution in [0.3, 0.4) is 0 Å². The second kappa shape index (κ2) is 8.33. The third-order valence-electron chi connectivity index (χ3n) is 4.44. The molecule has 3 aromatic carbocycles. The molecule has 1 aliphatic rings. The van der Waals surface area contributed by atoms with Crippen LogP contribution < -0.4 is 4.74 Å². The lowest BCUT2D eigenvalue weighted by atomic mass is 10.1. The number of rotatable bonds is 5.